The number of benzene rings is 1. The quantitative estimate of drug-likeness (QED) is 0.759. The molecule has 0 aliphatic heterocycles. The van der Waals surface area contributed by atoms with Crippen LogP contribution in [0.1, 0.15) is 25.2 Å². The number of nitrogens with zero attached hydrogens (tertiary/aromatic N) is 3. The molecule has 0 aliphatic rings. The van der Waals surface area contributed by atoms with Gasteiger partial charge in [-0.2, -0.15) is 0 Å². The van der Waals surface area contributed by atoms with Crippen LogP contribution in [0.5, 0.6) is 0 Å². The topological polar surface area (TPSA) is 21.1 Å². The molecule has 0 radical (unpaired) electrons. The lowest BCUT2D eigenvalue weighted by Gasteiger charge is -2.29. The Kier molecular flexibility index (Phi) is 4.95. The first-order valence-electron chi connectivity index (χ1n) is 7.49. The summed E-state index contributed by atoms with van der Waals surface area (Å²) in [7, 11) is 4.25. The lowest BCUT2D eigenvalue weighted by molar-refractivity contribution is 0.211. The predicted molar refractivity (Wildman–Crippen MR) is 91.2 cm³/mol. The molecule has 0 spiro atoms. The average Bonchev–Trinajstić information content (AvgIpc) is 2.68. The first-order chi connectivity index (χ1) is 9.84. The van der Waals surface area contributed by atoms with Gasteiger partial charge in [0.15, 0.2) is 0 Å². The summed E-state index contributed by atoms with van der Waals surface area (Å²) in [6.45, 7) is 8.73. The largest absolute Gasteiger partial charge is 0.327 e. The third-order valence-electron chi connectivity index (χ3n) is 3.71. The maximum absolute atomic E-state index is 5.97. The molecular weight excluding hydrogens is 282 g/mol. The molecule has 4 heteroatoms. The molecule has 0 saturated heterocycles. The number of hydrogen-bond acceptors (Lipinski definition) is 2. The molecule has 2 aromatic rings. The Morgan fingerprint density at radius 2 is 2.00 bits per heavy atom. The molecule has 0 aliphatic carbocycles. The van der Waals surface area contributed by atoms with E-state index in [0.717, 1.165) is 30.9 Å². The van der Waals surface area contributed by atoms with Gasteiger partial charge in [-0.3, -0.25) is 0 Å². The fourth-order valence-electron chi connectivity index (χ4n) is 3.12. The van der Waals surface area contributed by atoms with E-state index in [1.807, 2.05) is 0 Å². The van der Waals surface area contributed by atoms with Crippen LogP contribution in [-0.2, 0) is 13.0 Å². The zero-order chi connectivity index (χ0) is 15.6. The van der Waals surface area contributed by atoms with Gasteiger partial charge in [0, 0.05) is 25.4 Å². The fraction of sp³-hybridized carbons (Fsp3) is 0.588. The van der Waals surface area contributed by atoms with E-state index in [-0.39, 0.29) is 5.41 Å². The highest BCUT2D eigenvalue weighted by Crippen LogP contribution is 2.26. The number of hydrogen-bond donors (Lipinski definition) is 0. The fourth-order valence-corrected chi connectivity index (χ4v) is 3.29. The van der Waals surface area contributed by atoms with Crippen molar-refractivity contribution in [3.8, 4) is 0 Å². The molecule has 116 valence electrons. The number of rotatable bonds is 6. The van der Waals surface area contributed by atoms with E-state index in [4.69, 9.17) is 16.6 Å². The second kappa shape index (κ2) is 6.37. The smallest absolute Gasteiger partial charge is 0.111 e. The molecule has 0 unspecified atom stereocenters. The van der Waals surface area contributed by atoms with Crippen LogP contribution in [0, 0.1) is 12.3 Å². The molecular formula is C17H26ClN3. The van der Waals surface area contributed by atoms with Crippen LogP contribution in [0.15, 0.2) is 18.2 Å². The van der Waals surface area contributed by atoms with Crippen molar-refractivity contribution in [2.75, 3.05) is 26.5 Å². The molecule has 2 rings (SSSR count). The summed E-state index contributed by atoms with van der Waals surface area (Å²) in [4.78, 5) is 7.07. The van der Waals surface area contributed by atoms with Crippen molar-refractivity contribution in [1.29, 1.82) is 0 Å². The Bertz CT molecular complexity index is 614. The van der Waals surface area contributed by atoms with Gasteiger partial charge in [0.25, 0.3) is 0 Å². The van der Waals surface area contributed by atoms with Gasteiger partial charge in [0.1, 0.15) is 5.82 Å². The zero-order valence-corrected chi connectivity index (χ0v) is 14.5. The molecule has 1 heterocycles. The number of aryl methyl sites for hydroxylation is 2. The van der Waals surface area contributed by atoms with Gasteiger partial charge in [-0.05, 0) is 38.1 Å². The number of fused-ring (bicyclic) bond motifs is 1. The van der Waals surface area contributed by atoms with E-state index in [9.17, 15) is 0 Å². The number of alkyl halides is 1. The Hall–Kier alpha value is -1.06. The van der Waals surface area contributed by atoms with E-state index in [2.05, 4.69) is 62.5 Å². The third-order valence-corrected chi connectivity index (χ3v) is 3.90. The van der Waals surface area contributed by atoms with Gasteiger partial charge in [-0.15, -0.1) is 11.6 Å². The van der Waals surface area contributed by atoms with Crippen molar-refractivity contribution < 1.29 is 0 Å². The van der Waals surface area contributed by atoms with Crippen LogP contribution in [0.25, 0.3) is 11.0 Å². The lowest BCUT2D eigenvalue weighted by atomic mass is 9.92. The van der Waals surface area contributed by atoms with E-state index < -0.39 is 0 Å². The van der Waals surface area contributed by atoms with Crippen LogP contribution in [0.3, 0.4) is 0 Å². The average molecular weight is 308 g/mol. The maximum atomic E-state index is 5.97. The summed E-state index contributed by atoms with van der Waals surface area (Å²) in [6, 6.07) is 6.40. The van der Waals surface area contributed by atoms with Gasteiger partial charge >= 0.3 is 0 Å². The Morgan fingerprint density at radius 3 is 2.62 bits per heavy atom. The van der Waals surface area contributed by atoms with Crippen molar-refractivity contribution in [3.63, 3.8) is 0 Å². The molecule has 1 aromatic heterocycles. The van der Waals surface area contributed by atoms with Crippen LogP contribution in [-0.4, -0.2) is 41.0 Å². The van der Waals surface area contributed by atoms with Crippen molar-refractivity contribution in [1.82, 2.24) is 14.5 Å². The molecule has 3 nitrogen and oxygen atoms in total. The van der Waals surface area contributed by atoms with Crippen molar-refractivity contribution in [3.05, 3.63) is 29.6 Å². The second-order valence-corrected chi connectivity index (χ2v) is 7.28. The summed E-state index contributed by atoms with van der Waals surface area (Å²) in [5.41, 5.74) is 3.75. The summed E-state index contributed by atoms with van der Waals surface area (Å²) in [5, 5.41) is 0. The minimum Gasteiger partial charge on any atom is -0.327 e. The van der Waals surface area contributed by atoms with Crippen LogP contribution in [0.2, 0.25) is 0 Å². The summed E-state index contributed by atoms with van der Waals surface area (Å²) in [6.07, 6.45) is 0.813. The normalized spacial score (nSPS) is 12.5. The van der Waals surface area contributed by atoms with Crippen LogP contribution >= 0.6 is 11.6 Å². The highest BCUT2D eigenvalue weighted by molar-refractivity contribution is 6.17. The first kappa shape index (κ1) is 16.3. The molecule has 21 heavy (non-hydrogen) atoms. The Morgan fingerprint density at radius 1 is 1.29 bits per heavy atom. The lowest BCUT2D eigenvalue weighted by Crippen LogP contribution is -2.32. The van der Waals surface area contributed by atoms with Crippen LogP contribution < -0.4 is 0 Å². The number of para-hydroxylation sites is 1. The van der Waals surface area contributed by atoms with Gasteiger partial charge in [-0.1, -0.05) is 26.0 Å². The van der Waals surface area contributed by atoms with E-state index in [1.54, 1.807) is 0 Å². The van der Waals surface area contributed by atoms with E-state index in [1.165, 1.54) is 11.1 Å². The van der Waals surface area contributed by atoms with Crippen molar-refractivity contribution in [2.45, 2.75) is 33.7 Å². The monoisotopic (exact) mass is 307 g/mol. The molecule has 0 bridgehead atoms. The summed E-state index contributed by atoms with van der Waals surface area (Å²) < 4.78 is 2.36. The number of imidazole rings is 1. The molecule has 0 amide bonds. The van der Waals surface area contributed by atoms with Crippen molar-refractivity contribution >= 4 is 22.6 Å². The maximum Gasteiger partial charge on any atom is 0.111 e. The van der Waals surface area contributed by atoms with E-state index >= 15 is 0 Å². The minimum absolute atomic E-state index is 0.182. The highest BCUT2D eigenvalue weighted by Gasteiger charge is 2.23. The standard InChI is InChI=1S/C17H26ClN3/c1-13-7-6-8-14-16(13)19-15(9-10-18)21(14)12-17(2,3)11-20(4)5/h6-8H,9-12H2,1-5H3. The van der Waals surface area contributed by atoms with Gasteiger partial charge in [0.05, 0.1) is 11.0 Å². The Balaban J connectivity index is 2.45. The molecule has 0 fully saturated rings. The minimum atomic E-state index is 0.182. The van der Waals surface area contributed by atoms with Gasteiger partial charge < -0.3 is 9.47 Å². The molecule has 0 atom stereocenters. The van der Waals surface area contributed by atoms with Gasteiger partial charge in [0.2, 0.25) is 0 Å². The van der Waals surface area contributed by atoms with Crippen molar-refractivity contribution in [2.24, 2.45) is 5.41 Å². The molecule has 0 N–H and O–H groups in total. The predicted octanol–water partition coefficient (Wildman–Crippen LogP) is 3.71. The first-order valence-corrected chi connectivity index (χ1v) is 8.03. The third kappa shape index (κ3) is 3.78. The number of aromatic nitrogens is 2. The van der Waals surface area contributed by atoms with Crippen LogP contribution in [0.4, 0.5) is 0 Å². The SMILES string of the molecule is Cc1cccc2c1nc(CCCl)n2CC(C)(C)CN(C)C. The molecule has 0 saturated carbocycles. The summed E-state index contributed by atoms with van der Waals surface area (Å²) >= 11 is 5.97. The molecule has 1 aromatic carbocycles. The Labute approximate surface area is 132 Å². The second-order valence-electron chi connectivity index (χ2n) is 6.90. The number of halogens is 1. The summed E-state index contributed by atoms with van der Waals surface area (Å²) in [5.74, 6) is 1.71. The zero-order valence-electron chi connectivity index (χ0n) is 13.8. The van der Waals surface area contributed by atoms with Gasteiger partial charge in [-0.25, -0.2) is 4.98 Å². The van der Waals surface area contributed by atoms with E-state index in [0.29, 0.717) is 5.88 Å². The highest BCUT2D eigenvalue weighted by atomic mass is 35.5.